The van der Waals surface area contributed by atoms with Gasteiger partial charge in [0.1, 0.15) is 6.10 Å². The molecular weight excluding hydrogens is 214 g/mol. The van der Waals surface area contributed by atoms with E-state index in [1.165, 1.54) is 0 Å². The van der Waals surface area contributed by atoms with Crippen molar-refractivity contribution in [3.63, 3.8) is 0 Å². The summed E-state index contributed by atoms with van der Waals surface area (Å²) in [6, 6.07) is 9.05. The lowest BCUT2D eigenvalue weighted by Crippen LogP contribution is -2.20. The number of Topliss-reactive ketones (excluding diaryl/α,β-unsaturated/α-hetero) is 1. The second kappa shape index (κ2) is 5.06. The average molecular weight is 229 g/mol. The third-order valence-electron chi connectivity index (χ3n) is 2.78. The Balaban J connectivity index is 2.45. The van der Waals surface area contributed by atoms with Crippen LogP contribution in [0.15, 0.2) is 36.5 Å². The Kier molecular flexibility index (Phi) is 3.49. The molecule has 0 fully saturated rings. The Bertz CT molecular complexity index is 531. The van der Waals surface area contributed by atoms with E-state index in [4.69, 9.17) is 0 Å². The van der Waals surface area contributed by atoms with Crippen molar-refractivity contribution < 1.29 is 9.90 Å². The van der Waals surface area contributed by atoms with Crippen molar-refractivity contribution >= 4 is 16.7 Å². The topological polar surface area (TPSA) is 50.2 Å². The van der Waals surface area contributed by atoms with Crippen LogP contribution >= 0.6 is 0 Å². The first-order chi connectivity index (χ1) is 8.24. The summed E-state index contributed by atoms with van der Waals surface area (Å²) in [5.41, 5.74) is 1.33. The van der Waals surface area contributed by atoms with E-state index >= 15 is 0 Å². The van der Waals surface area contributed by atoms with Crippen molar-refractivity contribution in [2.75, 3.05) is 0 Å². The highest BCUT2D eigenvalue weighted by molar-refractivity contribution is 6.09. The average Bonchev–Trinajstić information content (AvgIpc) is 2.37. The van der Waals surface area contributed by atoms with E-state index in [2.05, 4.69) is 4.98 Å². The molecule has 0 radical (unpaired) electrons. The zero-order chi connectivity index (χ0) is 12.3. The van der Waals surface area contributed by atoms with E-state index < -0.39 is 6.10 Å². The lowest BCUT2D eigenvalue weighted by atomic mass is 9.99. The van der Waals surface area contributed by atoms with Gasteiger partial charge in [-0.05, 0) is 18.6 Å². The normalized spacial score (nSPS) is 12.6. The van der Waals surface area contributed by atoms with Gasteiger partial charge in [-0.25, -0.2) is 0 Å². The molecule has 2 aromatic rings. The maximum Gasteiger partial charge on any atom is 0.191 e. The molecule has 3 heteroatoms. The van der Waals surface area contributed by atoms with Crippen LogP contribution in [0.4, 0.5) is 0 Å². The van der Waals surface area contributed by atoms with Crippen molar-refractivity contribution in [3.8, 4) is 0 Å². The Morgan fingerprint density at radius 3 is 2.94 bits per heavy atom. The van der Waals surface area contributed by atoms with E-state index in [-0.39, 0.29) is 5.78 Å². The molecule has 2 rings (SSSR count). The zero-order valence-electron chi connectivity index (χ0n) is 9.76. The summed E-state index contributed by atoms with van der Waals surface area (Å²) in [5.74, 6) is -0.217. The molecule has 1 aromatic heterocycles. The number of carbonyl (C=O) groups excluding carboxylic acids is 1. The molecule has 1 atom stereocenters. The van der Waals surface area contributed by atoms with Crippen LogP contribution in [0.2, 0.25) is 0 Å². The van der Waals surface area contributed by atoms with Gasteiger partial charge in [0.15, 0.2) is 5.78 Å². The predicted molar refractivity (Wildman–Crippen MR) is 67.0 cm³/mol. The van der Waals surface area contributed by atoms with Crippen molar-refractivity contribution in [3.05, 3.63) is 42.1 Å². The first kappa shape index (κ1) is 11.7. The molecule has 0 aliphatic rings. The van der Waals surface area contributed by atoms with E-state index in [1.807, 2.05) is 19.1 Å². The Morgan fingerprint density at radius 1 is 1.35 bits per heavy atom. The van der Waals surface area contributed by atoms with Gasteiger partial charge in [0.05, 0.1) is 5.52 Å². The standard InChI is InChI=1S/C14H15NO2/c1-2-5-13(16)14(17)11-6-3-8-12-10(11)7-4-9-15-12/h3-4,6-9,13,16H,2,5H2,1H3. The lowest BCUT2D eigenvalue weighted by Gasteiger charge is -2.10. The molecule has 3 nitrogen and oxygen atoms in total. The van der Waals surface area contributed by atoms with Crippen molar-refractivity contribution in [2.45, 2.75) is 25.9 Å². The number of benzene rings is 1. The molecule has 0 saturated carbocycles. The van der Waals surface area contributed by atoms with E-state index in [0.717, 1.165) is 17.3 Å². The number of aromatic nitrogens is 1. The summed E-state index contributed by atoms with van der Waals surface area (Å²) in [5, 5.41) is 10.6. The number of ketones is 1. The maximum atomic E-state index is 12.1. The molecule has 88 valence electrons. The summed E-state index contributed by atoms with van der Waals surface area (Å²) in [7, 11) is 0. The monoisotopic (exact) mass is 229 g/mol. The highest BCUT2D eigenvalue weighted by Crippen LogP contribution is 2.19. The third-order valence-corrected chi connectivity index (χ3v) is 2.78. The summed E-state index contributed by atoms with van der Waals surface area (Å²) in [4.78, 5) is 16.3. The minimum Gasteiger partial charge on any atom is -0.385 e. The number of pyridine rings is 1. The van der Waals surface area contributed by atoms with Crippen molar-refractivity contribution in [1.82, 2.24) is 4.98 Å². The van der Waals surface area contributed by atoms with Gasteiger partial charge in [0, 0.05) is 17.1 Å². The van der Waals surface area contributed by atoms with Gasteiger partial charge >= 0.3 is 0 Å². The van der Waals surface area contributed by atoms with Crippen LogP contribution in [-0.2, 0) is 0 Å². The minimum absolute atomic E-state index is 0.217. The quantitative estimate of drug-likeness (QED) is 0.820. The highest BCUT2D eigenvalue weighted by atomic mass is 16.3. The molecule has 1 unspecified atom stereocenters. The molecule has 1 heterocycles. The van der Waals surface area contributed by atoms with Crippen LogP contribution in [0, 0.1) is 0 Å². The molecule has 17 heavy (non-hydrogen) atoms. The molecule has 0 bridgehead atoms. The fraction of sp³-hybridized carbons (Fsp3) is 0.286. The van der Waals surface area contributed by atoms with Gasteiger partial charge in [-0.2, -0.15) is 0 Å². The zero-order valence-corrected chi connectivity index (χ0v) is 9.76. The Hall–Kier alpha value is -1.74. The molecule has 0 spiro atoms. The number of fused-ring (bicyclic) bond motifs is 1. The van der Waals surface area contributed by atoms with Crippen LogP contribution in [0.5, 0.6) is 0 Å². The summed E-state index contributed by atoms with van der Waals surface area (Å²) < 4.78 is 0. The van der Waals surface area contributed by atoms with Crippen LogP contribution < -0.4 is 0 Å². The highest BCUT2D eigenvalue weighted by Gasteiger charge is 2.18. The summed E-state index contributed by atoms with van der Waals surface area (Å²) in [6.07, 6.45) is 2.07. The fourth-order valence-electron chi connectivity index (χ4n) is 1.90. The van der Waals surface area contributed by atoms with Gasteiger partial charge in [-0.1, -0.05) is 31.5 Å². The van der Waals surface area contributed by atoms with Crippen LogP contribution in [0.3, 0.4) is 0 Å². The number of hydrogen-bond donors (Lipinski definition) is 1. The second-order valence-electron chi connectivity index (χ2n) is 4.04. The SMILES string of the molecule is CCCC(O)C(=O)c1cccc2ncccc12. The van der Waals surface area contributed by atoms with Crippen LogP contribution in [-0.4, -0.2) is 22.0 Å². The number of aliphatic hydroxyl groups excluding tert-OH is 1. The summed E-state index contributed by atoms with van der Waals surface area (Å²) in [6.45, 7) is 1.95. The van der Waals surface area contributed by atoms with E-state index in [0.29, 0.717) is 12.0 Å². The smallest absolute Gasteiger partial charge is 0.191 e. The number of hydrogen-bond acceptors (Lipinski definition) is 3. The number of aliphatic hydroxyl groups is 1. The maximum absolute atomic E-state index is 12.1. The Labute approximate surface area is 100 Å². The third kappa shape index (κ3) is 2.34. The minimum atomic E-state index is -0.911. The molecule has 0 saturated heterocycles. The second-order valence-corrected chi connectivity index (χ2v) is 4.04. The first-order valence-corrected chi connectivity index (χ1v) is 5.80. The fourth-order valence-corrected chi connectivity index (χ4v) is 1.90. The largest absolute Gasteiger partial charge is 0.385 e. The van der Waals surface area contributed by atoms with Gasteiger partial charge in [-0.15, -0.1) is 0 Å². The Morgan fingerprint density at radius 2 is 2.18 bits per heavy atom. The molecular formula is C14H15NO2. The van der Waals surface area contributed by atoms with Crippen LogP contribution in [0.1, 0.15) is 30.1 Å². The molecule has 1 N–H and O–H groups in total. The summed E-state index contributed by atoms with van der Waals surface area (Å²) >= 11 is 0. The molecule has 1 aromatic carbocycles. The van der Waals surface area contributed by atoms with Gasteiger partial charge in [0.25, 0.3) is 0 Å². The lowest BCUT2D eigenvalue weighted by molar-refractivity contribution is 0.0731. The molecule has 0 aliphatic carbocycles. The van der Waals surface area contributed by atoms with E-state index in [1.54, 1.807) is 24.4 Å². The number of nitrogens with zero attached hydrogens (tertiary/aromatic N) is 1. The van der Waals surface area contributed by atoms with Crippen molar-refractivity contribution in [2.24, 2.45) is 0 Å². The molecule has 0 amide bonds. The predicted octanol–water partition coefficient (Wildman–Crippen LogP) is 2.58. The van der Waals surface area contributed by atoms with Gasteiger partial charge < -0.3 is 5.11 Å². The van der Waals surface area contributed by atoms with Crippen molar-refractivity contribution in [1.29, 1.82) is 0 Å². The van der Waals surface area contributed by atoms with E-state index in [9.17, 15) is 9.90 Å². The number of carbonyl (C=O) groups is 1. The van der Waals surface area contributed by atoms with Crippen LogP contribution in [0.25, 0.3) is 10.9 Å². The van der Waals surface area contributed by atoms with Gasteiger partial charge in [0.2, 0.25) is 0 Å². The van der Waals surface area contributed by atoms with Gasteiger partial charge in [-0.3, -0.25) is 9.78 Å². The molecule has 0 aliphatic heterocycles. The number of rotatable bonds is 4. The first-order valence-electron chi connectivity index (χ1n) is 5.80.